The average Bonchev–Trinajstić information content (AvgIpc) is 3.07. The van der Waals surface area contributed by atoms with Crippen LogP contribution in [0.2, 0.25) is 0 Å². The quantitative estimate of drug-likeness (QED) is 0.438. The topological polar surface area (TPSA) is 52.4 Å². The molecule has 0 saturated heterocycles. The molecule has 0 spiro atoms. The Labute approximate surface area is 120 Å². The minimum Gasteiger partial charge on any atom is -0.485 e. The molecule has 1 fully saturated rings. The van der Waals surface area contributed by atoms with Gasteiger partial charge in [0.05, 0.1) is 22.1 Å². The zero-order valence-corrected chi connectivity index (χ0v) is 12.5. The van der Waals surface area contributed by atoms with E-state index < -0.39 is 10.7 Å². The van der Waals surface area contributed by atoms with Crippen LogP contribution in [0, 0.1) is 21.3 Å². The fraction of sp³-hybridized carbons (Fsp3) is 0.455. The van der Waals surface area contributed by atoms with Crippen LogP contribution in [0.4, 0.5) is 10.1 Å². The van der Waals surface area contributed by atoms with E-state index in [9.17, 15) is 14.5 Å². The van der Waals surface area contributed by atoms with Crippen LogP contribution in [0.15, 0.2) is 16.6 Å². The van der Waals surface area contributed by atoms with Gasteiger partial charge in [-0.15, -0.1) is 0 Å². The van der Waals surface area contributed by atoms with Gasteiger partial charge in [-0.3, -0.25) is 10.1 Å². The lowest BCUT2D eigenvalue weighted by Gasteiger charge is -2.14. The first-order valence-corrected chi connectivity index (χ1v) is 7.21. The molecule has 1 saturated carbocycles. The van der Waals surface area contributed by atoms with E-state index >= 15 is 0 Å². The monoisotopic (exact) mass is 381 g/mol. The molecule has 18 heavy (non-hydrogen) atoms. The van der Waals surface area contributed by atoms with Gasteiger partial charge in [0.15, 0.2) is 0 Å². The Balaban J connectivity index is 2.23. The SMILES string of the molecule is O=[N+]([O-])c1cc(F)cc(Br)c1OCC1(CBr)CC1. The first-order valence-electron chi connectivity index (χ1n) is 5.30. The van der Waals surface area contributed by atoms with E-state index in [1.807, 2.05) is 0 Å². The van der Waals surface area contributed by atoms with Gasteiger partial charge in [-0.1, -0.05) is 15.9 Å². The highest BCUT2D eigenvalue weighted by atomic mass is 79.9. The van der Waals surface area contributed by atoms with Crippen molar-refractivity contribution in [2.45, 2.75) is 12.8 Å². The first-order chi connectivity index (χ1) is 8.47. The highest BCUT2D eigenvalue weighted by Gasteiger charge is 2.43. The second-order valence-electron chi connectivity index (χ2n) is 4.42. The van der Waals surface area contributed by atoms with E-state index in [4.69, 9.17) is 4.74 Å². The number of nitro groups is 1. The van der Waals surface area contributed by atoms with Gasteiger partial charge in [0.2, 0.25) is 5.75 Å². The largest absolute Gasteiger partial charge is 0.485 e. The van der Waals surface area contributed by atoms with Crippen molar-refractivity contribution >= 4 is 37.5 Å². The zero-order chi connectivity index (χ0) is 13.3. The van der Waals surface area contributed by atoms with E-state index in [-0.39, 0.29) is 21.3 Å². The molecule has 1 aromatic carbocycles. The molecular formula is C11H10Br2FNO3. The van der Waals surface area contributed by atoms with E-state index in [1.54, 1.807) is 0 Å². The fourth-order valence-electron chi connectivity index (χ4n) is 1.54. The molecule has 2 rings (SSSR count). The van der Waals surface area contributed by atoms with Crippen molar-refractivity contribution in [2.24, 2.45) is 5.41 Å². The molecule has 0 N–H and O–H groups in total. The first kappa shape index (κ1) is 13.7. The summed E-state index contributed by atoms with van der Waals surface area (Å²) in [6.45, 7) is 0.392. The van der Waals surface area contributed by atoms with E-state index in [0.717, 1.165) is 30.3 Å². The fourth-order valence-corrected chi connectivity index (χ4v) is 2.80. The third-order valence-corrected chi connectivity index (χ3v) is 4.73. The Bertz CT molecular complexity index is 491. The van der Waals surface area contributed by atoms with Crippen molar-refractivity contribution in [3.63, 3.8) is 0 Å². The number of hydrogen-bond acceptors (Lipinski definition) is 3. The number of halogens is 3. The molecule has 98 valence electrons. The van der Waals surface area contributed by atoms with Crippen molar-refractivity contribution in [1.29, 1.82) is 0 Å². The number of alkyl halides is 1. The third kappa shape index (κ3) is 2.83. The molecule has 0 heterocycles. The van der Waals surface area contributed by atoms with Crippen LogP contribution in [0.5, 0.6) is 5.75 Å². The highest BCUT2D eigenvalue weighted by Crippen LogP contribution is 2.48. The summed E-state index contributed by atoms with van der Waals surface area (Å²) in [5.74, 6) is -0.573. The van der Waals surface area contributed by atoms with Gasteiger partial charge < -0.3 is 4.74 Å². The second-order valence-corrected chi connectivity index (χ2v) is 5.83. The summed E-state index contributed by atoms with van der Waals surface area (Å²) in [6.07, 6.45) is 2.07. The molecule has 1 aromatic rings. The summed E-state index contributed by atoms with van der Waals surface area (Å²) in [6, 6.07) is 2.03. The highest BCUT2D eigenvalue weighted by molar-refractivity contribution is 9.10. The van der Waals surface area contributed by atoms with Gasteiger partial charge in [-0.2, -0.15) is 0 Å². The Morgan fingerprint density at radius 1 is 1.50 bits per heavy atom. The van der Waals surface area contributed by atoms with Crippen molar-refractivity contribution in [2.75, 3.05) is 11.9 Å². The third-order valence-electron chi connectivity index (χ3n) is 2.95. The van der Waals surface area contributed by atoms with Crippen LogP contribution in [0.25, 0.3) is 0 Å². The lowest BCUT2D eigenvalue weighted by molar-refractivity contribution is -0.386. The van der Waals surface area contributed by atoms with Gasteiger partial charge in [0.25, 0.3) is 0 Å². The van der Waals surface area contributed by atoms with Crippen LogP contribution in [0.1, 0.15) is 12.8 Å². The molecule has 0 radical (unpaired) electrons. The normalized spacial score (nSPS) is 16.4. The van der Waals surface area contributed by atoms with Crippen LogP contribution >= 0.6 is 31.9 Å². The molecular weight excluding hydrogens is 373 g/mol. The lowest BCUT2D eigenvalue weighted by atomic mass is 10.2. The molecule has 0 aliphatic heterocycles. The predicted octanol–water partition coefficient (Wildman–Crippen LogP) is 4.05. The molecule has 0 aromatic heterocycles. The Hall–Kier alpha value is -0.690. The molecule has 0 atom stereocenters. The number of rotatable bonds is 5. The Morgan fingerprint density at radius 3 is 2.67 bits per heavy atom. The second kappa shape index (κ2) is 5.13. The van der Waals surface area contributed by atoms with Crippen molar-refractivity contribution in [1.82, 2.24) is 0 Å². The summed E-state index contributed by atoms with van der Waals surface area (Å²) in [7, 11) is 0. The minimum absolute atomic E-state index is 0.0711. The van der Waals surface area contributed by atoms with Gasteiger partial charge in [-0.05, 0) is 34.8 Å². The molecule has 4 nitrogen and oxygen atoms in total. The van der Waals surface area contributed by atoms with Gasteiger partial charge >= 0.3 is 5.69 Å². The maximum Gasteiger partial charge on any atom is 0.315 e. The van der Waals surface area contributed by atoms with Crippen molar-refractivity contribution in [3.05, 3.63) is 32.5 Å². The summed E-state index contributed by atoms with van der Waals surface area (Å²) < 4.78 is 18.9. The maximum atomic E-state index is 13.1. The van der Waals surface area contributed by atoms with Crippen LogP contribution in [-0.4, -0.2) is 16.9 Å². The molecule has 0 amide bonds. The maximum absolute atomic E-state index is 13.1. The van der Waals surface area contributed by atoms with Crippen molar-refractivity contribution in [3.8, 4) is 5.75 Å². The molecule has 7 heteroatoms. The standard InChI is InChI=1S/C11H10Br2FNO3/c12-5-11(1-2-11)6-18-10-8(13)3-7(14)4-9(10)15(16)17/h3-4H,1-2,5-6H2. The van der Waals surface area contributed by atoms with Gasteiger partial charge in [0.1, 0.15) is 5.82 Å². The summed E-state index contributed by atoms with van der Waals surface area (Å²) in [5, 5.41) is 11.7. The molecule has 0 unspecified atom stereocenters. The Morgan fingerprint density at radius 2 is 2.17 bits per heavy atom. The lowest BCUT2D eigenvalue weighted by Crippen LogP contribution is -2.15. The van der Waals surface area contributed by atoms with E-state index in [2.05, 4.69) is 31.9 Å². The number of hydrogen-bond donors (Lipinski definition) is 0. The zero-order valence-electron chi connectivity index (χ0n) is 9.29. The van der Waals surface area contributed by atoms with E-state index in [0.29, 0.717) is 6.61 Å². The molecule has 1 aliphatic rings. The smallest absolute Gasteiger partial charge is 0.315 e. The summed E-state index contributed by atoms with van der Waals surface area (Å²) in [5.41, 5.74) is -0.283. The minimum atomic E-state index is -0.664. The molecule has 1 aliphatic carbocycles. The number of benzene rings is 1. The average molecular weight is 383 g/mol. The van der Waals surface area contributed by atoms with E-state index in [1.165, 1.54) is 0 Å². The predicted molar refractivity (Wildman–Crippen MR) is 71.7 cm³/mol. The summed E-state index contributed by atoms with van der Waals surface area (Å²) >= 11 is 6.49. The van der Waals surface area contributed by atoms with Gasteiger partial charge in [0, 0.05) is 10.7 Å². The number of nitrogens with zero attached hydrogens (tertiary/aromatic N) is 1. The Kier molecular flexibility index (Phi) is 3.91. The number of nitro benzene ring substituents is 1. The van der Waals surface area contributed by atoms with Crippen molar-refractivity contribution < 1.29 is 14.1 Å². The van der Waals surface area contributed by atoms with Crippen LogP contribution < -0.4 is 4.74 Å². The van der Waals surface area contributed by atoms with Crippen LogP contribution in [-0.2, 0) is 0 Å². The van der Waals surface area contributed by atoms with Crippen LogP contribution in [0.3, 0.4) is 0 Å². The number of ether oxygens (including phenoxy) is 1. The van der Waals surface area contributed by atoms with Gasteiger partial charge in [-0.25, -0.2) is 4.39 Å². The summed E-state index contributed by atoms with van der Waals surface area (Å²) in [4.78, 5) is 10.2. The molecule has 0 bridgehead atoms.